The van der Waals surface area contributed by atoms with Crippen LogP contribution in [0, 0.1) is 12.8 Å². The number of carboxylic acids is 1. The van der Waals surface area contributed by atoms with E-state index in [1.54, 1.807) is 30.2 Å². The van der Waals surface area contributed by atoms with Crippen molar-refractivity contribution < 1.29 is 23.5 Å². The number of piperidine rings is 1. The summed E-state index contributed by atoms with van der Waals surface area (Å²) in [5.41, 5.74) is 0.610. The Morgan fingerprint density at radius 3 is 2.75 bits per heavy atom. The van der Waals surface area contributed by atoms with E-state index in [0.717, 1.165) is 12.8 Å². The average molecular weight is 332 g/mol. The molecule has 0 atom stereocenters. The van der Waals surface area contributed by atoms with Crippen LogP contribution >= 0.6 is 0 Å². The molecule has 0 saturated carbocycles. The number of amides is 1. The van der Waals surface area contributed by atoms with Gasteiger partial charge in [0.2, 0.25) is 5.91 Å². The van der Waals surface area contributed by atoms with E-state index in [2.05, 4.69) is 4.98 Å². The van der Waals surface area contributed by atoms with Gasteiger partial charge in [-0.05, 0) is 37.8 Å². The topological polar surface area (TPSA) is 96.8 Å². The van der Waals surface area contributed by atoms with Crippen LogP contribution in [0.1, 0.15) is 30.7 Å². The van der Waals surface area contributed by atoms with Gasteiger partial charge in [-0.2, -0.15) is 0 Å². The SMILES string of the molecule is Cc1oc(-c2ccco2)nc1CC(=O)N1CCC(CC(=O)O)CC1. The minimum atomic E-state index is -0.775. The Balaban J connectivity index is 1.59. The number of rotatable bonds is 5. The number of aliphatic carboxylic acids is 1. The van der Waals surface area contributed by atoms with Crippen LogP contribution in [0.25, 0.3) is 11.7 Å². The lowest BCUT2D eigenvalue weighted by Gasteiger charge is -2.31. The lowest BCUT2D eigenvalue weighted by Crippen LogP contribution is -2.39. The zero-order chi connectivity index (χ0) is 17.1. The van der Waals surface area contributed by atoms with Gasteiger partial charge < -0.3 is 18.8 Å². The van der Waals surface area contributed by atoms with Gasteiger partial charge in [-0.1, -0.05) is 0 Å². The fourth-order valence-electron chi connectivity index (χ4n) is 2.99. The molecule has 0 aromatic carbocycles. The molecule has 1 saturated heterocycles. The summed E-state index contributed by atoms with van der Waals surface area (Å²) in [5, 5.41) is 8.84. The molecule has 24 heavy (non-hydrogen) atoms. The number of oxazole rings is 1. The number of furan rings is 1. The Morgan fingerprint density at radius 1 is 1.38 bits per heavy atom. The predicted molar refractivity (Wildman–Crippen MR) is 84.2 cm³/mol. The average Bonchev–Trinajstić information content (AvgIpc) is 3.18. The molecule has 1 N–H and O–H groups in total. The molecule has 0 aliphatic carbocycles. The van der Waals surface area contributed by atoms with Crippen molar-refractivity contribution in [3.05, 3.63) is 29.9 Å². The van der Waals surface area contributed by atoms with Crippen LogP contribution in [0.4, 0.5) is 0 Å². The summed E-state index contributed by atoms with van der Waals surface area (Å²) in [7, 11) is 0. The second-order valence-corrected chi connectivity index (χ2v) is 6.10. The zero-order valence-corrected chi connectivity index (χ0v) is 13.5. The third-order valence-electron chi connectivity index (χ3n) is 4.37. The minimum absolute atomic E-state index is 0.00818. The number of hydrogen-bond acceptors (Lipinski definition) is 5. The number of likely N-dealkylation sites (tertiary alicyclic amines) is 1. The third kappa shape index (κ3) is 3.67. The molecule has 3 heterocycles. The van der Waals surface area contributed by atoms with Crippen molar-refractivity contribution >= 4 is 11.9 Å². The molecule has 3 rings (SSSR count). The number of hydrogen-bond donors (Lipinski definition) is 1. The molecular weight excluding hydrogens is 312 g/mol. The van der Waals surface area contributed by atoms with Crippen LogP contribution in [0.3, 0.4) is 0 Å². The van der Waals surface area contributed by atoms with Crippen LogP contribution in [0.5, 0.6) is 0 Å². The molecule has 7 heteroatoms. The molecule has 0 unspecified atom stereocenters. The maximum Gasteiger partial charge on any atom is 0.303 e. The number of aromatic nitrogens is 1. The quantitative estimate of drug-likeness (QED) is 0.903. The summed E-state index contributed by atoms with van der Waals surface area (Å²) < 4.78 is 10.8. The predicted octanol–water partition coefficient (Wildman–Crippen LogP) is 2.50. The number of carbonyl (C=O) groups excluding carboxylic acids is 1. The maximum atomic E-state index is 12.4. The molecule has 2 aromatic rings. The van der Waals surface area contributed by atoms with Gasteiger partial charge in [0.25, 0.3) is 5.89 Å². The van der Waals surface area contributed by atoms with Crippen LogP contribution in [-0.2, 0) is 16.0 Å². The Kier molecular flexibility index (Phi) is 4.69. The van der Waals surface area contributed by atoms with Crippen LogP contribution in [-0.4, -0.2) is 40.0 Å². The minimum Gasteiger partial charge on any atom is -0.481 e. The Bertz CT molecular complexity index is 711. The molecule has 1 aliphatic rings. The first-order chi connectivity index (χ1) is 11.5. The van der Waals surface area contributed by atoms with Gasteiger partial charge in [0, 0.05) is 19.5 Å². The van der Waals surface area contributed by atoms with Gasteiger partial charge in [0.05, 0.1) is 18.4 Å². The van der Waals surface area contributed by atoms with Crippen molar-refractivity contribution in [2.45, 2.75) is 32.6 Å². The van der Waals surface area contributed by atoms with E-state index >= 15 is 0 Å². The smallest absolute Gasteiger partial charge is 0.303 e. The van der Waals surface area contributed by atoms with E-state index in [9.17, 15) is 9.59 Å². The van der Waals surface area contributed by atoms with Crippen molar-refractivity contribution in [3.63, 3.8) is 0 Å². The highest BCUT2D eigenvalue weighted by atomic mass is 16.4. The summed E-state index contributed by atoms with van der Waals surface area (Å²) in [6, 6.07) is 3.51. The van der Waals surface area contributed by atoms with E-state index in [0.29, 0.717) is 36.2 Å². The van der Waals surface area contributed by atoms with Crippen molar-refractivity contribution in [2.24, 2.45) is 5.92 Å². The molecule has 1 aliphatic heterocycles. The van der Waals surface area contributed by atoms with Crippen molar-refractivity contribution in [2.75, 3.05) is 13.1 Å². The van der Waals surface area contributed by atoms with Gasteiger partial charge in [-0.15, -0.1) is 0 Å². The second-order valence-electron chi connectivity index (χ2n) is 6.10. The van der Waals surface area contributed by atoms with E-state index in [1.807, 2.05) is 0 Å². The summed E-state index contributed by atoms with van der Waals surface area (Å²) in [4.78, 5) is 29.3. The summed E-state index contributed by atoms with van der Waals surface area (Å²) in [5.74, 6) is 0.891. The standard InChI is InChI=1S/C17H20N2O5/c1-11-13(18-17(24-11)14-3-2-8-23-14)10-15(20)19-6-4-12(5-7-19)9-16(21)22/h2-3,8,12H,4-7,9-10H2,1H3,(H,21,22). The van der Waals surface area contributed by atoms with Crippen LogP contribution < -0.4 is 0 Å². The van der Waals surface area contributed by atoms with E-state index in [4.69, 9.17) is 13.9 Å². The molecule has 1 fully saturated rings. The van der Waals surface area contributed by atoms with Gasteiger partial charge in [0.15, 0.2) is 5.76 Å². The zero-order valence-electron chi connectivity index (χ0n) is 13.5. The van der Waals surface area contributed by atoms with Crippen molar-refractivity contribution in [3.8, 4) is 11.7 Å². The van der Waals surface area contributed by atoms with Gasteiger partial charge >= 0.3 is 5.97 Å². The lowest BCUT2D eigenvalue weighted by molar-refractivity contribution is -0.138. The highest BCUT2D eigenvalue weighted by Crippen LogP contribution is 2.24. The van der Waals surface area contributed by atoms with Gasteiger partial charge in [-0.25, -0.2) is 4.98 Å². The first-order valence-corrected chi connectivity index (χ1v) is 8.02. The Morgan fingerprint density at radius 2 is 2.12 bits per heavy atom. The summed E-state index contributed by atoms with van der Waals surface area (Å²) >= 11 is 0. The largest absolute Gasteiger partial charge is 0.481 e. The number of carboxylic acid groups (broad SMARTS) is 1. The monoisotopic (exact) mass is 332 g/mol. The van der Waals surface area contributed by atoms with Gasteiger partial charge in [0.1, 0.15) is 5.76 Å². The molecule has 2 aromatic heterocycles. The van der Waals surface area contributed by atoms with E-state index in [-0.39, 0.29) is 24.7 Å². The van der Waals surface area contributed by atoms with Gasteiger partial charge in [-0.3, -0.25) is 9.59 Å². The lowest BCUT2D eigenvalue weighted by atomic mass is 9.93. The van der Waals surface area contributed by atoms with E-state index < -0.39 is 5.97 Å². The molecule has 0 spiro atoms. The van der Waals surface area contributed by atoms with Crippen molar-refractivity contribution in [1.29, 1.82) is 0 Å². The van der Waals surface area contributed by atoms with Crippen LogP contribution in [0.15, 0.2) is 27.2 Å². The number of carbonyl (C=O) groups is 2. The number of nitrogens with zero attached hydrogens (tertiary/aromatic N) is 2. The number of aryl methyl sites for hydroxylation is 1. The second kappa shape index (κ2) is 6.90. The first kappa shape index (κ1) is 16.3. The maximum absolute atomic E-state index is 12.4. The summed E-state index contributed by atoms with van der Waals surface area (Å²) in [6.07, 6.45) is 3.36. The molecule has 7 nitrogen and oxygen atoms in total. The van der Waals surface area contributed by atoms with Crippen LogP contribution in [0.2, 0.25) is 0 Å². The molecule has 0 bridgehead atoms. The first-order valence-electron chi connectivity index (χ1n) is 8.02. The fourth-order valence-corrected chi connectivity index (χ4v) is 2.99. The highest BCUT2D eigenvalue weighted by molar-refractivity contribution is 5.78. The normalized spacial score (nSPS) is 15.6. The van der Waals surface area contributed by atoms with E-state index in [1.165, 1.54) is 0 Å². The molecular formula is C17H20N2O5. The van der Waals surface area contributed by atoms with Crippen molar-refractivity contribution in [1.82, 2.24) is 9.88 Å². The Hall–Kier alpha value is -2.57. The molecule has 128 valence electrons. The fraction of sp³-hybridized carbons (Fsp3) is 0.471. The summed E-state index contributed by atoms with van der Waals surface area (Å²) in [6.45, 7) is 2.97. The molecule has 0 radical (unpaired) electrons. The highest BCUT2D eigenvalue weighted by Gasteiger charge is 2.25. The Labute approximate surface area is 139 Å². The third-order valence-corrected chi connectivity index (χ3v) is 4.37. The molecule has 1 amide bonds.